The third-order valence-electron chi connectivity index (χ3n) is 5.88. The number of ether oxygens (including phenoxy) is 1. The number of urea groups is 1. The highest BCUT2D eigenvalue weighted by Crippen LogP contribution is 2.38. The van der Waals surface area contributed by atoms with Gasteiger partial charge in [0.2, 0.25) is 11.7 Å². The zero-order chi connectivity index (χ0) is 24.7. The lowest BCUT2D eigenvalue weighted by atomic mass is 10.0. The van der Waals surface area contributed by atoms with Gasteiger partial charge in [-0.3, -0.25) is 9.59 Å². The first kappa shape index (κ1) is 26.0. The molecule has 0 spiro atoms. The van der Waals surface area contributed by atoms with Crippen LogP contribution in [0.1, 0.15) is 81.2 Å². The zero-order valence-corrected chi connectivity index (χ0v) is 19.6. The van der Waals surface area contributed by atoms with Gasteiger partial charge in [0.25, 0.3) is 11.8 Å². The molecule has 2 N–H and O–H groups in total. The number of alkyl halides is 2. The van der Waals surface area contributed by atoms with E-state index in [4.69, 9.17) is 9.26 Å². The molecule has 12 heteroatoms. The van der Waals surface area contributed by atoms with E-state index in [1.807, 2.05) is 0 Å². The van der Waals surface area contributed by atoms with Crippen molar-refractivity contribution in [1.29, 1.82) is 0 Å². The average molecular weight is 486 g/mol. The van der Waals surface area contributed by atoms with Crippen LogP contribution in [0.3, 0.4) is 0 Å². The minimum atomic E-state index is -3.16. The van der Waals surface area contributed by atoms with E-state index in [1.54, 1.807) is 13.8 Å². The molecule has 1 aliphatic heterocycles. The van der Waals surface area contributed by atoms with Gasteiger partial charge in [-0.05, 0) is 25.7 Å². The third-order valence-corrected chi connectivity index (χ3v) is 5.88. The SMILES string of the molecule is CCCC(F)(F)C[C@H](NC(=O)N1CCCOCC1)C(=O)N[C@@H](CC)C(=O)c1nc(C2CC2)no1. The lowest BCUT2D eigenvalue weighted by Gasteiger charge is -2.28. The molecule has 0 bridgehead atoms. The molecule has 1 aromatic rings. The third kappa shape index (κ3) is 7.18. The van der Waals surface area contributed by atoms with Gasteiger partial charge < -0.3 is 24.8 Å². The molecule has 0 aromatic carbocycles. The number of carbonyl (C=O) groups excluding carboxylic acids is 3. The van der Waals surface area contributed by atoms with Gasteiger partial charge in [0.05, 0.1) is 12.6 Å². The van der Waals surface area contributed by atoms with Gasteiger partial charge >= 0.3 is 6.03 Å². The molecule has 1 aliphatic carbocycles. The van der Waals surface area contributed by atoms with Gasteiger partial charge in [0.1, 0.15) is 6.04 Å². The summed E-state index contributed by atoms with van der Waals surface area (Å²) in [6.45, 7) is 4.79. The van der Waals surface area contributed by atoms with Gasteiger partial charge in [-0.15, -0.1) is 0 Å². The molecular weight excluding hydrogens is 452 g/mol. The summed E-state index contributed by atoms with van der Waals surface area (Å²) in [4.78, 5) is 44.1. The normalized spacial score (nSPS) is 18.6. The second kappa shape index (κ2) is 11.7. The van der Waals surface area contributed by atoms with E-state index in [0.717, 1.165) is 12.8 Å². The number of rotatable bonds is 11. The van der Waals surface area contributed by atoms with Crippen molar-refractivity contribution in [3.05, 3.63) is 11.7 Å². The van der Waals surface area contributed by atoms with Crippen molar-refractivity contribution < 1.29 is 32.4 Å². The number of nitrogens with one attached hydrogen (secondary N) is 2. The van der Waals surface area contributed by atoms with Gasteiger partial charge in [0.15, 0.2) is 5.82 Å². The number of ketones is 1. The van der Waals surface area contributed by atoms with Crippen LogP contribution < -0.4 is 10.6 Å². The molecule has 2 heterocycles. The van der Waals surface area contributed by atoms with E-state index in [2.05, 4.69) is 20.8 Å². The predicted molar refractivity (Wildman–Crippen MR) is 117 cm³/mol. The monoisotopic (exact) mass is 485 g/mol. The first-order valence-corrected chi connectivity index (χ1v) is 11.9. The summed E-state index contributed by atoms with van der Waals surface area (Å²) in [5, 5.41) is 8.74. The van der Waals surface area contributed by atoms with Crippen LogP contribution in [0.4, 0.5) is 13.6 Å². The molecule has 2 aliphatic rings. The Balaban J connectivity index is 1.69. The number of aromatic nitrogens is 2. The summed E-state index contributed by atoms with van der Waals surface area (Å²) in [5.41, 5.74) is 0. The maximum absolute atomic E-state index is 14.5. The van der Waals surface area contributed by atoms with Crippen molar-refractivity contribution in [1.82, 2.24) is 25.7 Å². The summed E-state index contributed by atoms with van der Waals surface area (Å²) in [6.07, 6.45) is 1.56. The topological polar surface area (TPSA) is 127 Å². The summed E-state index contributed by atoms with van der Waals surface area (Å²) < 4.78 is 39.3. The molecule has 3 amide bonds. The van der Waals surface area contributed by atoms with Crippen LogP contribution in [-0.2, 0) is 9.53 Å². The summed E-state index contributed by atoms with van der Waals surface area (Å²) in [7, 11) is 0. The molecule has 3 rings (SSSR count). The molecule has 34 heavy (non-hydrogen) atoms. The Morgan fingerprint density at radius 2 is 1.91 bits per heavy atom. The number of halogens is 2. The minimum absolute atomic E-state index is 0.182. The fourth-order valence-electron chi connectivity index (χ4n) is 3.78. The molecular formula is C22H33F2N5O5. The van der Waals surface area contributed by atoms with Crippen LogP contribution in [0.5, 0.6) is 0 Å². The van der Waals surface area contributed by atoms with E-state index in [9.17, 15) is 23.2 Å². The fourth-order valence-corrected chi connectivity index (χ4v) is 3.78. The number of carbonyl (C=O) groups is 3. The Labute approximate surface area is 197 Å². The quantitative estimate of drug-likeness (QED) is 0.462. The van der Waals surface area contributed by atoms with Crippen molar-refractivity contribution in [2.24, 2.45) is 0 Å². The summed E-state index contributed by atoms with van der Waals surface area (Å²) in [5.74, 6) is -4.21. The van der Waals surface area contributed by atoms with E-state index in [-0.39, 0.29) is 24.7 Å². The van der Waals surface area contributed by atoms with Crippen molar-refractivity contribution in [2.45, 2.75) is 82.7 Å². The summed E-state index contributed by atoms with van der Waals surface area (Å²) >= 11 is 0. The number of Topliss-reactive ketones (excluding diaryl/α,β-unsaturated/α-hetero) is 1. The van der Waals surface area contributed by atoms with E-state index in [1.165, 1.54) is 4.90 Å². The van der Waals surface area contributed by atoms with Crippen LogP contribution in [0.25, 0.3) is 0 Å². The Morgan fingerprint density at radius 1 is 1.15 bits per heavy atom. The number of hydrogen-bond acceptors (Lipinski definition) is 7. The largest absolute Gasteiger partial charge is 0.380 e. The first-order valence-electron chi connectivity index (χ1n) is 11.9. The van der Waals surface area contributed by atoms with Gasteiger partial charge in [0, 0.05) is 38.5 Å². The highest BCUT2D eigenvalue weighted by Gasteiger charge is 2.38. The molecule has 0 radical (unpaired) electrons. The lowest BCUT2D eigenvalue weighted by Crippen LogP contribution is -2.55. The van der Waals surface area contributed by atoms with Gasteiger partial charge in [-0.25, -0.2) is 13.6 Å². The van der Waals surface area contributed by atoms with Gasteiger partial charge in [-0.1, -0.05) is 25.4 Å². The van der Waals surface area contributed by atoms with E-state index >= 15 is 0 Å². The Morgan fingerprint density at radius 3 is 2.59 bits per heavy atom. The van der Waals surface area contributed by atoms with Crippen molar-refractivity contribution in [2.75, 3.05) is 26.3 Å². The second-order valence-electron chi connectivity index (χ2n) is 8.83. The number of amides is 3. The smallest absolute Gasteiger partial charge is 0.318 e. The molecule has 0 unspecified atom stereocenters. The highest BCUT2D eigenvalue weighted by atomic mass is 19.3. The Bertz CT molecular complexity index is 852. The molecule has 2 fully saturated rings. The molecule has 1 saturated carbocycles. The molecule has 190 valence electrons. The molecule has 2 atom stereocenters. The van der Waals surface area contributed by atoms with Crippen LogP contribution in [0, 0.1) is 0 Å². The van der Waals surface area contributed by atoms with Crippen LogP contribution in [-0.4, -0.2) is 77.1 Å². The summed E-state index contributed by atoms with van der Waals surface area (Å²) in [6, 6.07) is -3.20. The highest BCUT2D eigenvalue weighted by molar-refractivity contribution is 5.99. The van der Waals surface area contributed by atoms with Crippen molar-refractivity contribution >= 4 is 17.7 Å². The van der Waals surface area contributed by atoms with Gasteiger partial charge in [-0.2, -0.15) is 4.98 Å². The minimum Gasteiger partial charge on any atom is -0.380 e. The maximum atomic E-state index is 14.5. The van der Waals surface area contributed by atoms with Crippen LogP contribution >= 0.6 is 0 Å². The number of nitrogens with zero attached hydrogens (tertiary/aromatic N) is 3. The Kier molecular flexibility index (Phi) is 8.92. The standard InChI is InChI=1S/C22H33F2N5O5/c1-3-8-22(23,24)13-16(26-21(32)29-9-5-11-33-12-10-29)19(31)25-15(4-2)17(30)20-27-18(28-34-20)14-6-7-14/h14-16H,3-13H2,1-2H3,(H,25,31)(H,26,32)/t15-,16-/m0/s1. The zero-order valence-electron chi connectivity index (χ0n) is 19.6. The molecule has 10 nitrogen and oxygen atoms in total. The first-order chi connectivity index (χ1) is 16.2. The van der Waals surface area contributed by atoms with E-state index < -0.39 is 48.6 Å². The number of hydrogen-bond donors (Lipinski definition) is 2. The predicted octanol–water partition coefficient (Wildman–Crippen LogP) is 2.65. The maximum Gasteiger partial charge on any atom is 0.318 e. The van der Waals surface area contributed by atoms with Crippen LogP contribution in [0.2, 0.25) is 0 Å². The van der Waals surface area contributed by atoms with Crippen molar-refractivity contribution in [3.63, 3.8) is 0 Å². The molecule has 1 aromatic heterocycles. The van der Waals surface area contributed by atoms with Crippen molar-refractivity contribution in [3.8, 4) is 0 Å². The lowest BCUT2D eigenvalue weighted by molar-refractivity contribution is -0.126. The molecule has 1 saturated heterocycles. The van der Waals surface area contributed by atoms with Crippen LogP contribution in [0.15, 0.2) is 4.52 Å². The van der Waals surface area contributed by atoms with E-state index in [0.29, 0.717) is 38.5 Å². The fraction of sp³-hybridized carbons (Fsp3) is 0.773. The Hall–Kier alpha value is -2.63. The second-order valence-corrected chi connectivity index (χ2v) is 8.83. The average Bonchev–Trinajstić information content (AvgIpc) is 3.58.